The summed E-state index contributed by atoms with van der Waals surface area (Å²) in [6.45, 7) is 3.28. The van der Waals surface area contributed by atoms with Crippen molar-refractivity contribution in [3.63, 3.8) is 0 Å². The third-order valence-electron chi connectivity index (χ3n) is 4.05. The molecule has 0 spiro atoms. The van der Waals surface area contributed by atoms with Crippen LogP contribution in [-0.2, 0) is 16.4 Å². The fourth-order valence-corrected chi connectivity index (χ4v) is 3.82. The second-order valence-electron chi connectivity index (χ2n) is 6.00. The average molecular weight is 311 g/mol. The fraction of sp³-hybridized carbons (Fsp3) is 0.667. The molecule has 1 atom stereocenters. The number of nitrogens with zero attached hydrogens (tertiary/aromatic N) is 3. The lowest BCUT2D eigenvalue weighted by Crippen LogP contribution is -2.42. The molecule has 1 aliphatic rings. The normalized spacial score (nSPS) is 20.8. The molecular formula is C15H25N3O2S. The number of rotatable bonds is 6. The Morgan fingerprint density at radius 2 is 2.10 bits per heavy atom. The Hall–Kier alpha value is -0.980. The quantitative estimate of drug-likeness (QED) is 0.793. The van der Waals surface area contributed by atoms with Crippen LogP contribution in [0.5, 0.6) is 0 Å². The van der Waals surface area contributed by atoms with Crippen LogP contribution in [0.15, 0.2) is 24.5 Å². The molecule has 1 fully saturated rings. The summed E-state index contributed by atoms with van der Waals surface area (Å²) in [5.41, 5.74) is 1.29. The number of piperidine rings is 1. The van der Waals surface area contributed by atoms with Crippen molar-refractivity contribution in [3.8, 4) is 0 Å². The third-order valence-corrected chi connectivity index (χ3v) is 5.32. The molecule has 1 aliphatic heterocycles. The maximum atomic E-state index is 11.6. The number of likely N-dealkylation sites (N-methyl/N-ethyl adjacent to an activating group) is 1. The van der Waals surface area contributed by atoms with Gasteiger partial charge in [-0.2, -0.15) is 0 Å². The molecule has 0 bridgehead atoms. The molecule has 0 aliphatic carbocycles. The van der Waals surface area contributed by atoms with Crippen LogP contribution in [0.4, 0.5) is 0 Å². The van der Waals surface area contributed by atoms with Gasteiger partial charge in [0.1, 0.15) is 0 Å². The van der Waals surface area contributed by atoms with Gasteiger partial charge in [0.25, 0.3) is 0 Å². The molecule has 6 heteroatoms. The molecule has 5 nitrogen and oxygen atoms in total. The first-order chi connectivity index (χ1) is 9.95. The van der Waals surface area contributed by atoms with Gasteiger partial charge in [-0.15, -0.1) is 0 Å². The van der Waals surface area contributed by atoms with Crippen LogP contribution in [0.25, 0.3) is 0 Å². The highest BCUT2D eigenvalue weighted by Crippen LogP contribution is 2.19. The fourth-order valence-electron chi connectivity index (χ4n) is 2.88. The van der Waals surface area contributed by atoms with Crippen LogP contribution < -0.4 is 0 Å². The molecule has 0 N–H and O–H groups in total. The number of sulfonamides is 1. The Labute approximate surface area is 128 Å². The van der Waals surface area contributed by atoms with Crippen molar-refractivity contribution in [1.82, 2.24) is 14.2 Å². The lowest BCUT2D eigenvalue weighted by Gasteiger charge is -2.33. The van der Waals surface area contributed by atoms with E-state index in [-0.39, 0.29) is 0 Å². The summed E-state index contributed by atoms with van der Waals surface area (Å²) in [6, 6.07) is 4.08. The van der Waals surface area contributed by atoms with Gasteiger partial charge in [0.15, 0.2) is 0 Å². The Morgan fingerprint density at radius 1 is 1.38 bits per heavy atom. The Bertz CT molecular complexity index is 533. The van der Waals surface area contributed by atoms with Crippen LogP contribution >= 0.6 is 0 Å². The van der Waals surface area contributed by atoms with Gasteiger partial charge in [-0.05, 0) is 49.9 Å². The smallest absolute Gasteiger partial charge is 0.211 e. The van der Waals surface area contributed by atoms with Crippen LogP contribution in [0, 0.1) is 5.92 Å². The molecule has 0 amide bonds. The first-order valence-corrected chi connectivity index (χ1v) is 9.32. The zero-order valence-corrected chi connectivity index (χ0v) is 13.7. The molecule has 1 aromatic heterocycles. The maximum absolute atomic E-state index is 11.6. The van der Waals surface area contributed by atoms with E-state index in [1.807, 2.05) is 24.5 Å². The van der Waals surface area contributed by atoms with Gasteiger partial charge in [-0.3, -0.25) is 4.98 Å². The van der Waals surface area contributed by atoms with Gasteiger partial charge in [-0.1, -0.05) is 0 Å². The van der Waals surface area contributed by atoms with Crippen molar-refractivity contribution in [2.45, 2.75) is 19.3 Å². The highest BCUT2D eigenvalue weighted by atomic mass is 32.2. The number of hydrogen-bond acceptors (Lipinski definition) is 4. The molecule has 2 rings (SSSR count). The number of hydrogen-bond donors (Lipinski definition) is 0. The average Bonchev–Trinajstić information content (AvgIpc) is 2.46. The van der Waals surface area contributed by atoms with Crippen molar-refractivity contribution in [2.75, 3.05) is 39.5 Å². The summed E-state index contributed by atoms with van der Waals surface area (Å²) in [4.78, 5) is 6.32. The molecule has 2 heterocycles. The summed E-state index contributed by atoms with van der Waals surface area (Å²) >= 11 is 0. The summed E-state index contributed by atoms with van der Waals surface area (Å²) in [5.74, 6) is 0.441. The summed E-state index contributed by atoms with van der Waals surface area (Å²) in [6.07, 6.45) is 8.03. The lowest BCUT2D eigenvalue weighted by atomic mass is 9.99. The van der Waals surface area contributed by atoms with Crippen molar-refractivity contribution in [3.05, 3.63) is 30.1 Å². The third kappa shape index (κ3) is 5.37. The van der Waals surface area contributed by atoms with Gasteiger partial charge in [0, 0.05) is 38.6 Å². The van der Waals surface area contributed by atoms with Gasteiger partial charge in [-0.25, -0.2) is 12.7 Å². The molecule has 118 valence electrons. The Balaban J connectivity index is 1.78. The van der Waals surface area contributed by atoms with E-state index >= 15 is 0 Å². The highest BCUT2D eigenvalue weighted by Gasteiger charge is 2.26. The first kappa shape index (κ1) is 16.4. The largest absolute Gasteiger partial charge is 0.306 e. The van der Waals surface area contributed by atoms with E-state index in [1.165, 1.54) is 11.8 Å². The zero-order valence-electron chi connectivity index (χ0n) is 12.9. The summed E-state index contributed by atoms with van der Waals surface area (Å²) in [5, 5.41) is 0. The van der Waals surface area contributed by atoms with Gasteiger partial charge >= 0.3 is 0 Å². The monoisotopic (exact) mass is 311 g/mol. The maximum Gasteiger partial charge on any atom is 0.211 e. The lowest BCUT2D eigenvalue weighted by molar-refractivity contribution is 0.202. The van der Waals surface area contributed by atoms with E-state index in [1.54, 1.807) is 4.31 Å². The van der Waals surface area contributed by atoms with Crippen molar-refractivity contribution >= 4 is 10.0 Å². The molecule has 1 saturated heterocycles. The number of aromatic nitrogens is 1. The van der Waals surface area contributed by atoms with Crippen LogP contribution in [0.3, 0.4) is 0 Å². The minimum absolute atomic E-state index is 0.441. The molecule has 0 radical (unpaired) electrons. The van der Waals surface area contributed by atoms with Crippen LogP contribution in [0.1, 0.15) is 18.4 Å². The minimum Gasteiger partial charge on any atom is -0.306 e. The van der Waals surface area contributed by atoms with Gasteiger partial charge in [0.2, 0.25) is 10.0 Å². The SMILES string of the molecule is CN(CCc1ccncc1)CC1CCCN(S(C)(=O)=O)C1. The van der Waals surface area contributed by atoms with E-state index in [0.29, 0.717) is 19.0 Å². The Morgan fingerprint density at radius 3 is 2.76 bits per heavy atom. The topological polar surface area (TPSA) is 53.5 Å². The standard InChI is InChI=1S/C15H25N3O2S/c1-17(11-7-14-5-8-16-9-6-14)12-15-4-3-10-18(13-15)21(2,19)20/h5-6,8-9,15H,3-4,7,10-13H2,1-2H3. The first-order valence-electron chi connectivity index (χ1n) is 7.47. The van der Waals surface area contributed by atoms with E-state index in [0.717, 1.165) is 32.4 Å². The van der Waals surface area contributed by atoms with Crippen LogP contribution in [0.2, 0.25) is 0 Å². The van der Waals surface area contributed by atoms with Gasteiger partial charge in [0.05, 0.1) is 6.26 Å². The highest BCUT2D eigenvalue weighted by molar-refractivity contribution is 7.88. The molecule has 21 heavy (non-hydrogen) atoms. The minimum atomic E-state index is -3.04. The Kier molecular flexibility index (Phi) is 5.72. The van der Waals surface area contributed by atoms with Crippen molar-refractivity contribution in [1.29, 1.82) is 0 Å². The number of pyridine rings is 1. The predicted molar refractivity (Wildman–Crippen MR) is 84.6 cm³/mol. The molecule has 1 aromatic rings. The van der Waals surface area contributed by atoms with Crippen LogP contribution in [-0.4, -0.2) is 62.1 Å². The van der Waals surface area contributed by atoms with Crippen molar-refractivity contribution < 1.29 is 8.42 Å². The summed E-state index contributed by atoms with van der Waals surface area (Å²) in [7, 11) is -0.930. The summed E-state index contributed by atoms with van der Waals surface area (Å²) < 4.78 is 24.9. The second kappa shape index (κ2) is 7.33. The molecule has 0 saturated carbocycles. The zero-order chi connectivity index (χ0) is 15.3. The van der Waals surface area contributed by atoms with E-state index in [2.05, 4.69) is 16.9 Å². The van der Waals surface area contributed by atoms with Crippen molar-refractivity contribution in [2.24, 2.45) is 5.92 Å². The van der Waals surface area contributed by atoms with E-state index < -0.39 is 10.0 Å². The van der Waals surface area contributed by atoms with E-state index in [4.69, 9.17) is 0 Å². The predicted octanol–water partition coefficient (Wildman–Crippen LogP) is 1.23. The second-order valence-corrected chi connectivity index (χ2v) is 7.98. The molecule has 1 unspecified atom stereocenters. The molecular weight excluding hydrogens is 286 g/mol. The van der Waals surface area contributed by atoms with E-state index in [9.17, 15) is 8.42 Å². The molecule has 0 aromatic carbocycles. The van der Waals surface area contributed by atoms with Gasteiger partial charge < -0.3 is 4.90 Å².